The van der Waals surface area contributed by atoms with E-state index in [0.717, 1.165) is 5.56 Å². The van der Waals surface area contributed by atoms with Gasteiger partial charge in [-0.3, -0.25) is 10.1 Å². The van der Waals surface area contributed by atoms with Gasteiger partial charge in [0.15, 0.2) is 0 Å². The minimum absolute atomic E-state index is 0.0817. The van der Waals surface area contributed by atoms with Crippen molar-refractivity contribution in [2.24, 2.45) is 0 Å². The number of anilines is 3. The first-order valence-corrected chi connectivity index (χ1v) is 9.47. The van der Waals surface area contributed by atoms with Gasteiger partial charge in [-0.05, 0) is 31.5 Å². The average molecular weight is 421 g/mol. The molecule has 2 heterocycles. The summed E-state index contributed by atoms with van der Waals surface area (Å²) in [6.07, 6.45) is 0.894. The molecule has 1 aliphatic heterocycles. The Labute approximate surface area is 172 Å². The Kier molecular flexibility index (Phi) is 6.32. The maximum absolute atomic E-state index is 11.9. The van der Waals surface area contributed by atoms with E-state index in [9.17, 15) is 14.9 Å². The largest absolute Gasteiger partial charge is 0.450 e. The van der Waals surface area contributed by atoms with Crippen LogP contribution in [-0.4, -0.2) is 58.7 Å². The van der Waals surface area contributed by atoms with Gasteiger partial charge in [0, 0.05) is 36.9 Å². The van der Waals surface area contributed by atoms with Crippen molar-refractivity contribution in [2.45, 2.75) is 13.8 Å². The number of carbonyl (C=O) groups excluding carboxylic acids is 1. The molecule has 0 saturated carbocycles. The SMILES string of the molecule is CCOC(=O)N1CCN(c2ncnc(Nc3cc(Cl)ccc3C)c2[N+](=O)[O-])CC1. The molecule has 1 amide bonds. The molecule has 1 aliphatic rings. The molecule has 29 heavy (non-hydrogen) atoms. The minimum atomic E-state index is -0.505. The molecule has 0 aliphatic carbocycles. The molecule has 154 valence electrons. The number of carbonyl (C=O) groups is 1. The van der Waals surface area contributed by atoms with Crippen molar-refractivity contribution >= 4 is 40.7 Å². The van der Waals surface area contributed by atoms with Crippen LogP contribution < -0.4 is 10.2 Å². The van der Waals surface area contributed by atoms with Crippen LogP contribution in [-0.2, 0) is 4.74 Å². The summed E-state index contributed by atoms with van der Waals surface area (Å²) in [4.78, 5) is 34.7. The highest BCUT2D eigenvalue weighted by molar-refractivity contribution is 6.30. The number of piperazine rings is 1. The molecule has 0 unspecified atom stereocenters. The van der Waals surface area contributed by atoms with Gasteiger partial charge in [-0.2, -0.15) is 0 Å². The van der Waals surface area contributed by atoms with E-state index in [-0.39, 0.29) is 23.4 Å². The van der Waals surface area contributed by atoms with Gasteiger partial charge in [0.2, 0.25) is 11.6 Å². The average Bonchev–Trinajstić information content (AvgIpc) is 2.70. The number of nitrogens with one attached hydrogen (secondary N) is 1. The van der Waals surface area contributed by atoms with Crippen molar-refractivity contribution in [2.75, 3.05) is 43.0 Å². The highest BCUT2D eigenvalue weighted by Crippen LogP contribution is 2.35. The summed E-state index contributed by atoms with van der Waals surface area (Å²) >= 11 is 6.04. The molecule has 0 spiro atoms. The van der Waals surface area contributed by atoms with Crippen molar-refractivity contribution < 1.29 is 14.5 Å². The van der Waals surface area contributed by atoms with Crippen LogP contribution in [0.4, 0.5) is 27.8 Å². The molecule has 1 saturated heterocycles. The zero-order chi connectivity index (χ0) is 21.0. The van der Waals surface area contributed by atoms with E-state index >= 15 is 0 Å². The van der Waals surface area contributed by atoms with E-state index in [1.165, 1.54) is 6.33 Å². The Morgan fingerprint density at radius 2 is 2.03 bits per heavy atom. The second kappa shape index (κ2) is 8.91. The zero-order valence-corrected chi connectivity index (χ0v) is 16.8. The smallest absolute Gasteiger partial charge is 0.409 e. The van der Waals surface area contributed by atoms with E-state index in [0.29, 0.717) is 43.5 Å². The number of hydrogen-bond donors (Lipinski definition) is 1. The first-order chi connectivity index (χ1) is 13.9. The molecule has 0 atom stereocenters. The third-order valence-electron chi connectivity index (χ3n) is 4.54. The number of ether oxygens (including phenoxy) is 1. The fraction of sp³-hybridized carbons (Fsp3) is 0.389. The number of aryl methyl sites for hydroxylation is 1. The monoisotopic (exact) mass is 420 g/mol. The normalized spacial score (nSPS) is 13.9. The van der Waals surface area contributed by atoms with Crippen LogP contribution >= 0.6 is 11.6 Å². The predicted molar refractivity (Wildman–Crippen MR) is 109 cm³/mol. The number of halogens is 1. The first kappa shape index (κ1) is 20.6. The lowest BCUT2D eigenvalue weighted by atomic mass is 10.2. The fourth-order valence-electron chi connectivity index (χ4n) is 3.03. The first-order valence-electron chi connectivity index (χ1n) is 9.10. The predicted octanol–water partition coefficient (Wildman–Crippen LogP) is 3.37. The van der Waals surface area contributed by atoms with Gasteiger partial charge >= 0.3 is 11.8 Å². The lowest BCUT2D eigenvalue weighted by Crippen LogP contribution is -2.49. The summed E-state index contributed by atoms with van der Waals surface area (Å²) in [7, 11) is 0. The van der Waals surface area contributed by atoms with Crippen LogP contribution in [0.5, 0.6) is 0 Å². The summed E-state index contributed by atoms with van der Waals surface area (Å²) in [5.41, 5.74) is 1.26. The van der Waals surface area contributed by atoms with E-state index in [1.807, 2.05) is 13.0 Å². The second-order valence-electron chi connectivity index (χ2n) is 6.41. The number of benzene rings is 1. The van der Waals surface area contributed by atoms with Crippen LogP contribution in [0.25, 0.3) is 0 Å². The molecular formula is C18H21ClN6O4. The maximum Gasteiger partial charge on any atom is 0.409 e. The third kappa shape index (κ3) is 4.65. The molecular weight excluding hydrogens is 400 g/mol. The molecule has 10 nitrogen and oxygen atoms in total. The van der Waals surface area contributed by atoms with Crippen LogP contribution in [0.3, 0.4) is 0 Å². The number of nitrogens with zero attached hydrogens (tertiary/aromatic N) is 5. The standard InChI is InChI=1S/C18H21ClN6O4/c1-3-29-18(26)24-8-6-23(7-9-24)17-15(25(27)28)16(20-11-21-17)22-14-10-13(19)5-4-12(14)2/h4-5,10-11H,3,6-9H2,1-2H3,(H,20,21,22). The Morgan fingerprint density at radius 3 is 2.69 bits per heavy atom. The number of aromatic nitrogens is 2. The summed E-state index contributed by atoms with van der Waals surface area (Å²) < 4.78 is 5.00. The van der Waals surface area contributed by atoms with Crippen molar-refractivity contribution in [3.8, 4) is 0 Å². The van der Waals surface area contributed by atoms with Gasteiger partial charge in [-0.1, -0.05) is 17.7 Å². The summed E-state index contributed by atoms with van der Waals surface area (Å²) in [6, 6.07) is 5.23. The molecule has 1 N–H and O–H groups in total. The molecule has 0 bridgehead atoms. The maximum atomic E-state index is 11.9. The Bertz CT molecular complexity index is 917. The molecule has 2 aromatic rings. The highest BCUT2D eigenvalue weighted by atomic mass is 35.5. The molecule has 1 fully saturated rings. The van der Waals surface area contributed by atoms with Crippen molar-refractivity contribution in [1.82, 2.24) is 14.9 Å². The Hall–Kier alpha value is -3.14. The van der Waals surface area contributed by atoms with E-state index in [2.05, 4.69) is 15.3 Å². The highest BCUT2D eigenvalue weighted by Gasteiger charge is 2.30. The topological polar surface area (TPSA) is 114 Å². The van der Waals surface area contributed by atoms with Gasteiger partial charge in [0.1, 0.15) is 6.33 Å². The Morgan fingerprint density at radius 1 is 1.31 bits per heavy atom. The van der Waals surface area contributed by atoms with Crippen molar-refractivity contribution in [3.63, 3.8) is 0 Å². The minimum Gasteiger partial charge on any atom is -0.450 e. The van der Waals surface area contributed by atoms with E-state index in [4.69, 9.17) is 16.3 Å². The van der Waals surface area contributed by atoms with Crippen molar-refractivity contribution in [1.29, 1.82) is 0 Å². The van der Waals surface area contributed by atoms with Gasteiger partial charge in [0.05, 0.1) is 11.5 Å². The molecule has 11 heteroatoms. The van der Waals surface area contributed by atoms with E-state index in [1.54, 1.807) is 28.9 Å². The fourth-order valence-corrected chi connectivity index (χ4v) is 3.20. The van der Waals surface area contributed by atoms with Gasteiger partial charge in [-0.25, -0.2) is 14.8 Å². The molecule has 0 radical (unpaired) electrons. The number of amides is 1. The van der Waals surface area contributed by atoms with Gasteiger partial charge in [0.25, 0.3) is 0 Å². The molecule has 3 rings (SSSR count). The summed E-state index contributed by atoms with van der Waals surface area (Å²) in [6.45, 7) is 5.47. The number of nitro groups is 1. The Balaban J connectivity index is 1.85. The third-order valence-corrected chi connectivity index (χ3v) is 4.78. The van der Waals surface area contributed by atoms with E-state index < -0.39 is 4.92 Å². The number of hydrogen-bond acceptors (Lipinski definition) is 8. The quantitative estimate of drug-likeness (QED) is 0.578. The number of rotatable bonds is 5. The summed E-state index contributed by atoms with van der Waals surface area (Å²) in [5.74, 6) is 0.286. The van der Waals surface area contributed by atoms with Gasteiger partial charge < -0.3 is 19.9 Å². The van der Waals surface area contributed by atoms with Gasteiger partial charge in [-0.15, -0.1) is 0 Å². The molecule has 1 aromatic heterocycles. The second-order valence-corrected chi connectivity index (χ2v) is 6.85. The lowest BCUT2D eigenvalue weighted by Gasteiger charge is -2.34. The zero-order valence-electron chi connectivity index (χ0n) is 16.1. The van der Waals surface area contributed by atoms with Crippen LogP contribution in [0, 0.1) is 17.0 Å². The van der Waals surface area contributed by atoms with Crippen LogP contribution in [0.1, 0.15) is 12.5 Å². The van der Waals surface area contributed by atoms with Crippen molar-refractivity contribution in [3.05, 3.63) is 45.2 Å². The van der Waals surface area contributed by atoms with Crippen LogP contribution in [0.15, 0.2) is 24.5 Å². The lowest BCUT2D eigenvalue weighted by molar-refractivity contribution is -0.383. The molecule has 1 aromatic carbocycles. The summed E-state index contributed by atoms with van der Waals surface area (Å²) in [5, 5.41) is 15.3. The van der Waals surface area contributed by atoms with Crippen LogP contribution in [0.2, 0.25) is 5.02 Å².